The van der Waals surface area contributed by atoms with Crippen molar-refractivity contribution in [3.63, 3.8) is 0 Å². The lowest BCUT2D eigenvalue weighted by atomic mass is 10.2. The van der Waals surface area contributed by atoms with Crippen LogP contribution in [0.25, 0.3) is 0 Å². The van der Waals surface area contributed by atoms with Crippen LogP contribution >= 0.6 is 12.2 Å². The molecule has 0 aromatic carbocycles. The van der Waals surface area contributed by atoms with Crippen molar-refractivity contribution in [2.75, 3.05) is 18.0 Å². The molecule has 1 fully saturated rings. The van der Waals surface area contributed by atoms with E-state index in [0.717, 1.165) is 30.2 Å². The van der Waals surface area contributed by atoms with Crippen molar-refractivity contribution < 1.29 is 0 Å². The number of aromatic nitrogens is 2. The number of nitrogens with zero attached hydrogens (tertiary/aromatic N) is 3. The maximum absolute atomic E-state index is 5.83. The van der Waals surface area contributed by atoms with Crippen molar-refractivity contribution in [2.24, 2.45) is 12.8 Å². The van der Waals surface area contributed by atoms with Crippen molar-refractivity contribution in [2.45, 2.75) is 32.6 Å². The Kier molecular flexibility index (Phi) is 3.66. The molecule has 4 nitrogen and oxygen atoms in total. The second kappa shape index (κ2) is 5.04. The molecule has 0 atom stereocenters. The van der Waals surface area contributed by atoms with Crippen LogP contribution in [0.2, 0.25) is 0 Å². The fourth-order valence-corrected chi connectivity index (χ4v) is 2.82. The molecule has 5 heteroatoms. The van der Waals surface area contributed by atoms with E-state index in [-0.39, 0.29) is 0 Å². The van der Waals surface area contributed by atoms with E-state index in [9.17, 15) is 0 Å². The Hall–Kier alpha value is -1.10. The largest absolute Gasteiger partial charge is 0.389 e. The number of anilines is 1. The maximum atomic E-state index is 5.83. The van der Waals surface area contributed by atoms with Gasteiger partial charge in [0.05, 0.1) is 11.3 Å². The van der Waals surface area contributed by atoms with Gasteiger partial charge in [-0.1, -0.05) is 25.1 Å². The van der Waals surface area contributed by atoms with E-state index in [2.05, 4.69) is 10.00 Å². The van der Waals surface area contributed by atoms with Gasteiger partial charge < -0.3 is 10.6 Å². The molecule has 0 aliphatic carbocycles. The van der Waals surface area contributed by atoms with Crippen molar-refractivity contribution in [1.82, 2.24) is 9.78 Å². The van der Waals surface area contributed by atoms with Crippen LogP contribution in [0.4, 0.5) is 5.82 Å². The van der Waals surface area contributed by atoms with E-state index >= 15 is 0 Å². The molecule has 2 heterocycles. The Morgan fingerprint density at radius 1 is 1.24 bits per heavy atom. The van der Waals surface area contributed by atoms with Crippen molar-refractivity contribution >= 4 is 23.0 Å². The molecular weight excluding hydrogens is 232 g/mol. The number of thiocarbonyl (C=S) groups is 1. The third-order valence-electron chi connectivity index (χ3n) is 3.34. The number of nitrogens with two attached hydrogens (primary N) is 1. The van der Waals surface area contributed by atoms with Gasteiger partial charge in [0.2, 0.25) is 0 Å². The number of aryl methyl sites for hydroxylation is 2. The molecule has 0 spiro atoms. The smallest absolute Gasteiger partial charge is 0.137 e. The molecule has 1 aromatic heterocycles. The number of hydrogen-bond acceptors (Lipinski definition) is 3. The quantitative estimate of drug-likeness (QED) is 0.815. The van der Waals surface area contributed by atoms with Gasteiger partial charge in [0.1, 0.15) is 10.8 Å². The summed E-state index contributed by atoms with van der Waals surface area (Å²) in [4.78, 5) is 2.83. The van der Waals surface area contributed by atoms with Gasteiger partial charge in [-0.15, -0.1) is 0 Å². The third-order valence-corrected chi connectivity index (χ3v) is 3.55. The summed E-state index contributed by atoms with van der Waals surface area (Å²) in [5.74, 6) is 1.09. The first-order valence-electron chi connectivity index (χ1n) is 6.19. The second-order valence-electron chi connectivity index (χ2n) is 4.67. The van der Waals surface area contributed by atoms with Gasteiger partial charge in [-0.05, 0) is 19.8 Å². The van der Waals surface area contributed by atoms with Gasteiger partial charge in [-0.2, -0.15) is 5.10 Å². The Morgan fingerprint density at radius 2 is 1.82 bits per heavy atom. The molecule has 0 unspecified atom stereocenters. The van der Waals surface area contributed by atoms with Crippen LogP contribution in [0, 0.1) is 6.92 Å². The fourth-order valence-electron chi connectivity index (χ4n) is 2.58. The summed E-state index contributed by atoms with van der Waals surface area (Å²) in [6.45, 7) is 4.12. The molecule has 2 N–H and O–H groups in total. The lowest BCUT2D eigenvalue weighted by molar-refractivity contribution is 0.697. The van der Waals surface area contributed by atoms with E-state index in [0.29, 0.717) is 4.99 Å². The van der Waals surface area contributed by atoms with Crippen molar-refractivity contribution in [1.29, 1.82) is 0 Å². The van der Waals surface area contributed by atoms with Crippen LogP contribution in [0.1, 0.15) is 36.9 Å². The van der Waals surface area contributed by atoms with Crippen LogP contribution < -0.4 is 10.6 Å². The fraction of sp³-hybridized carbons (Fsp3) is 0.667. The lowest BCUT2D eigenvalue weighted by Gasteiger charge is -2.23. The van der Waals surface area contributed by atoms with E-state index < -0.39 is 0 Å². The zero-order valence-electron chi connectivity index (χ0n) is 10.6. The first kappa shape index (κ1) is 12.4. The van der Waals surface area contributed by atoms with E-state index in [1.54, 1.807) is 0 Å². The second-order valence-corrected chi connectivity index (χ2v) is 5.11. The average molecular weight is 252 g/mol. The summed E-state index contributed by atoms with van der Waals surface area (Å²) >= 11 is 5.15. The van der Waals surface area contributed by atoms with E-state index in [1.165, 1.54) is 25.7 Å². The predicted octanol–water partition coefficient (Wildman–Crippen LogP) is 1.74. The van der Waals surface area contributed by atoms with Crippen LogP contribution in [-0.4, -0.2) is 27.9 Å². The number of hydrogen-bond donors (Lipinski definition) is 1. The molecule has 0 radical (unpaired) electrons. The highest BCUT2D eigenvalue weighted by molar-refractivity contribution is 7.80. The summed E-state index contributed by atoms with van der Waals surface area (Å²) < 4.78 is 1.91. The topological polar surface area (TPSA) is 47.1 Å². The minimum Gasteiger partial charge on any atom is -0.389 e. The molecule has 94 valence electrons. The summed E-state index contributed by atoms with van der Waals surface area (Å²) in [5.41, 5.74) is 7.70. The monoisotopic (exact) mass is 252 g/mol. The molecule has 0 saturated carbocycles. The molecule has 1 aromatic rings. The first-order chi connectivity index (χ1) is 8.11. The summed E-state index contributed by atoms with van der Waals surface area (Å²) in [6.07, 6.45) is 5.10. The van der Waals surface area contributed by atoms with Gasteiger partial charge in [0.15, 0.2) is 0 Å². The Bertz CT molecular complexity index is 416. The van der Waals surface area contributed by atoms with Gasteiger partial charge in [0.25, 0.3) is 0 Å². The van der Waals surface area contributed by atoms with E-state index in [4.69, 9.17) is 18.0 Å². The summed E-state index contributed by atoms with van der Waals surface area (Å²) in [5, 5.41) is 4.45. The highest BCUT2D eigenvalue weighted by Gasteiger charge is 2.21. The zero-order valence-corrected chi connectivity index (χ0v) is 11.4. The molecule has 17 heavy (non-hydrogen) atoms. The standard InChI is InChI=1S/C12H20N4S/c1-9-10(11(13)17)12(15(2)14-9)16-7-5-3-4-6-8-16/h3-8H2,1-2H3,(H2,13,17). The molecule has 0 amide bonds. The Morgan fingerprint density at radius 3 is 2.35 bits per heavy atom. The summed E-state index contributed by atoms with van der Waals surface area (Å²) in [6, 6.07) is 0. The normalized spacial score (nSPS) is 16.9. The summed E-state index contributed by atoms with van der Waals surface area (Å²) in [7, 11) is 1.97. The van der Waals surface area contributed by atoms with Gasteiger partial charge in [-0.25, -0.2) is 0 Å². The van der Waals surface area contributed by atoms with E-state index in [1.807, 2.05) is 18.7 Å². The molecule has 0 bridgehead atoms. The predicted molar refractivity (Wildman–Crippen MR) is 74.5 cm³/mol. The molecule has 1 aliphatic heterocycles. The van der Waals surface area contributed by atoms with Gasteiger partial charge >= 0.3 is 0 Å². The highest BCUT2D eigenvalue weighted by Crippen LogP contribution is 2.25. The van der Waals surface area contributed by atoms with Crippen LogP contribution in [0.5, 0.6) is 0 Å². The van der Waals surface area contributed by atoms with Crippen LogP contribution in [0.15, 0.2) is 0 Å². The molecule has 2 rings (SSSR count). The lowest BCUT2D eigenvalue weighted by Crippen LogP contribution is -2.28. The molecule has 1 aliphatic rings. The third kappa shape index (κ3) is 2.44. The van der Waals surface area contributed by atoms with Crippen LogP contribution in [0.3, 0.4) is 0 Å². The minimum absolute atomic E-state index is 0.454. The van der Waals surface area contributed by atoms with Crippen molar-refractivity contribution in [3.05, 3.63) is 11.3 Å². The Balaban J connectivity index is 2.38. The SMILES string of the molecule is Cc1nn(C)c(N2CCCCCC2)c1C(N)=S. The molecular formula is C12H20N4S. The maximum Gasteiger partial charge on any atom is 0.137 e. The highest BCUT2D eigenvalue weighted by atomic mass is 32.1. The zero-order chi connectivity index (χ0) is 12.4. The van der Waals surface area contributed by atoms with Crippen molar-refractivity contribution in [3.8, 4) is 0 Å². The average Bonchev–Trinajstić information content (AvgIpc) is 2.47. The number of rotatable bonds is 2. The Labute approximate surface area is 108 Å². The first-order valence-corrected chi connectivity index (χ1v) is 6.60. The van der Waals surface area contributed by atoms with Gasteiger partial charge in [-0.3, -0.25) is 4.68 Å². The van der Waals surface area contributed by atoms with Gasteiger partial charge in [0, 0.05) is 20.1 Å². The van der Waals surface area contributed by atoms with Crippen LogP contribution in [-0.2, 0) is 7.05 Å². The molecule has 1 saturated heterocycles. The minimum atomic E-state index is 0.454.